The Bertz CT molecular complexity index is 501. The first-order valence-electron chi connectivity index (χ1n) is 6.27. The molecule has 1 aromatic heterocycles. The number of carbonyl (C=O) groups excluding carboxylic acids is 2. The molecular weight excluding hydrogens is 246 g/mol. The van der Waals surface area contributed by atoms with E-state index in [-0.39, 0.29) is 30.3 Å². The molecule has 0 spiro atoms. The van der Waals surface area contributed by atoms with Crippen molar-refractivity contribution in [3.8, 4) is 0 Å². The van der Waals surface area contributed by atoms with E-state index >= 15 is 0 Å². The van der Waals surface area contributed by atoms with Gasteiger partial charge in [-0.25, -0.2) is 4.98 Å². The van der Waals surface area contributed by atoms with E-state index in [0.29, 0.717) is 11.7 Å². The number of aryl methyl sites for hydroxylation is 1. The van der Waals surface area contributed by atoms with Crippen molar-refractivity contribution in [2.24, 2.45) is 5.41 Å². The highest BCUT2D eigenvalue weighted by atomic mass is 16.4. The molecular formula is C13H19N3O3. The van der Waals surface area contributed by atoms with Crippen LogP contribution in [0.5, 0.6) is 0 Å². The summed E-state index contributed by atoms with van der Waals surface area (Å²) >= 11 is 0. The van der Waals surface area contributed by atoms with E-state index < -0.39 is 6.04 Å². The third-order valence-corrected chi connectivity index (χ3v) is 3.06. The van der Waals surface area contributed by atoms with E-state index in [0.717, 1.165) is 0 Å². The summed E-state index contributed by atoms with van der Waals surface area (Å²) in [6, 6.07) is -0.509. The van der Waals surface area contributed by atoms with Gasteiger partial charge in [-0.1, -0.05) is 20.8 Å². The fraction of sp³-hybridized carbons (Fsp3) is 0.615. The van der Waals surface area contributed by atoms with Gasteiger partial charge in [-0.3, -0.25) is 9.59 Å². The third-order valence-electron chi connectivity index (χ3n) is 3.06. The molecule has 1 N–H and O–H groups in total. The minimum atomic E-state index is -0.509. The molecule has 0 saturated carbocycles. The average Bonchev–Trinajstić information content (AvgIpc) is 2.67. The summed E-state index contributed by atoms with van der Waals surface area (Å²) < 4.78 is 5.35. The van der Waals surface area contributed by atoms with E-state index in [1.54, 1.807) is 13.1 Å². The van der Waals surface area contributed by atoms with Crippen molar-refractivity contribution in [1.29, 1.82) is 0 Å². The van der Waals surface area contributed by atoms with Crippen LogP contribution in [0.4, 0.5) is 0 Å². The number of hydrogen-bond donors (Lipinski definition) is 1. The van der Waals surface area contributed by atoms with Gasteiger partial charge in [-0.15, -0.1) is 0 Å². The van der Waals surface area contributed by atoms with Crippen LogP contribution in [0.15, 0.2) is 10.6 Å². The minimum Gasteiger partial charge on any atom is -0.444 e. The molecule has 1 aliphatic heterocycles. The molecule has 6 nitrogen and oxygen atoms in total. The van der Waals surface area contributed by atoms with Gasteiger partial charge in [0.1, 0.15) is 18.3 Å². The summed E-state index contributed by atoms with van der Waals surface area (Å²) in [6.45, 7) is 7.84. The van der Waals surface area contributed by atoms with Crippen molar-refractivity contribution in [2.45, 2.75) is 40.3 Å². The standard InChI is InChI=1S/C13H19N3O3/c1-8-5-14-10(19-8)7-16-6-9(17)15-11(12(16)18)13(2,3)4/h5,11H,6-7H2,1-4H3,(H,15,17). The van der Waals surface area contributed by atoms with Crippen LogP contribution >= 0.6 is 0 Å². The van der Waals surface area contributed by atoms with Gasteiger partial charge in [0.25, 0.3) is 0 Å². The van der Waals surface area contributed by atoms with Crippen molar-refractivity contribution in [1.82, 2.24) is 15.2 Å². The number of nitrogens with zero attached hydrogens (tertiary/aromatic N) is 2. The summed E-state index contributed by atoms with van der Waals surface area (Å²) in [5, 5.41) is 2.75. The van der Waals surface area contributed by atoms with Crippen molar-refractivity contribution in [3.63, 3.8) is 0 Å². The Kier molecular flexibility index (Phi) is 3.34. The van der Waals surface area contributed by atoms with E-state index in [1.165, 1.54) is 4.90 Å². The topological polar surface area (TPSA) is 75.4 Å². The summed E-state index contributed by atoms with van der Waals surface area (Å²) in [4.78, 5) is 29.6. The first kappa shape index (κ1) is 13.6. The maximum absolute atomic E-state index is 12.4. The van der Waals surface area contributed by atoms with Crippen LogP contribution in [0.25, 0.3) is 0 Å². The maximum Gasteiger partial charge on any atom is 0.246 e. The van der Waals surface area contributed by atoms with Gasteiger partial charge in [-0.05, 0) is 12.3 Å². The number of hydrogen-bond acceptors (Lipinski definition) is 4. The van der Waals surface area contributed by atoms with E-state index in [4.69, 9.17) is 4.42 Å². The predicted octanol–water partition coefficient (Wildman–Crippen LogP) is 0.856. The quantitative estimate of drug-likeness (QED) is 0.860. The second kappa shape index (κ2) is 4.68. The first-order valence-corrected chi connectivity index (χ1v) is 6.27. The zero-order valence-electron chi connectivity index (χ0n) is 11.7. The molecule has 1 unspecified atom stereocenters. The number of carbonyl (C=O) groups is 2. The van der Waals surface area contributed by atoms with Crippen LogP contribution in [0.3, 0.4) is 0 Å². The van der Waals surface area contributed by atoms with Gasteiger partial charge in [-0.2, -0.15) is 0 Å². The molecule has 19 heavy (non-hydrogen) atoms. The van der Waals surface area contributed by atoms with E-state index in [2.05, 4.69) is 10.3 Å². The summed E-state index contributed by atoms with van der Waals surface area (Å²) in [5.41, 5.74) is -0.322. The fourth-order valence-corrected chi connectivity index (χ4v) is 2.06. The Labute approximate surface area is 112 Å². The second-order valence-corrected chi connectivity index (χ2v) is 5.93. The Morgan fingerprint density at radius 1 is 1.47 bits per heavy atom. The highest BCUT2D eigenvalue weighted by Gasteiger charge is 2.40. The van der Waals surface area contributed by atoms with Crippen LogP contribution < -0.4 is 5.32 Å². The number of rotatable bonds is 2. The lowest BCUT2D eigenvalue weighted by atomic mass is 9.85. The highest BCUT2D eigenvalue weighted by Crippen LogP contribution is 2.24. The lowest BCUT2D eigenvalue weighted by Crippen LogP contribution is -2.61. The van der Waals surface area contributed by atoms with E-state index in [9.17, 15) is 9.59 Å². The smallest absolute Gasteiger partial charge is 0.246 e. The maximum atomic E-state index is 12.4. The minimum absolute atomic E-state index is 0.0485. The summed E-state index contributed by atoms with van der Waals surface area (Å²) in [6.07, 6.45) is 1.60. The molecule has 2 rings (SSSR count). The first-order chi connectivity index (χ1) is 8.77. The van der Waals surface area contributed by atoms with Gasteiger partial charge in [0.15, 0.2) is 0 Å². The Balaban J connectivity index is 2.16. The summed E-state index contributed by atoms with van der Waals surface area (Å²) in [7, 11) is 0. The van der Waals surface area contributed by atoms with E-state index in [1.807, 2.05) is 20.8 Å². The Morgan fingerprint density at radius 3 is 2.68 bits per heavy atom. The summed E-state index contributed by atoms with van der Waals surface area (Å²) in [5.74, 6) is 0.898. The molecule has 2 heterocycles. The number of nitrogens with one attached hydrogen (secondary N) is 1. The van der Waals surface area contributed by atoms with Crippen LogP contribution in [0, 0.1) is 12.3 Å². The normalized spacial score (nSPS) is 20.6. The highest BCUT2D eigenvalue weighted by molar-refractivity contribution is 5.95. The van der Waals surface area contributed by atoms with Gasteiger partial charge >= 0.3 is 0 Å². The largest absolute Gasteiger partial charge is 0.444 e. The van der Waals surface area contributed by atoms with Gasteiger partial charge in [0.2, 0.25) is 17.7 Å². The molecule has 0 aromatic carbocycles. The van der Waals surface area contributed by atoms with Crippen LogP contribution in [-0.4, -0.2) is 34.3 Å². The van der Waals surface area contributed by atoms with Crippen LogP contribution in [0.1, 0.15) is 32.4 Å². The zero-order chi connectivity index (χ0) is 14.2. The fourth-order valence-electron chi connectivity index (χ4n) is 2.06. The van der Waals surface area contributed by atoms with Crippen molar-refractivity contribution >= 4 is 11.8 Å². The van der Waals surface area contributed by atoms with Crippen LogP contribution in [0.2, 0.25) is 0 Å². The van der Waals surface area contributed by atoms with Gasteiger partial charge in [0, 0.05) is 0 Å². The molecule has 0 bridgehead atoms. The molecule has 1 fully saturated rings. The molecule has 1 atom stereocenters. The number of oxazole rings is 1. The molecule has 1 aliphatic rings. The molecule has 1 aromatic rings. The Morgan fingerprint density at radius 2 is 2.16 bits per heavy atom. The Hall–Kier alpha value is -1.85. The van der Waals surface area contributed by atoms with Crippen molar-refractivity contribution in [2.75, 3.05) is 6.54 Å². The number of amides is 2. The second-order valence-electron chi connectivity index (χ2n) is 5.93. The molecule has 0 radical (unpaired) electrons. The predicted molar refractivity (Wildman–Crippen MR) is 68.0 cm³/mol. The molecule has 1 saturated heterocycles. The SMILES string of the molecule is Cc1cnc(CN2CC(=O)NC(C(C)(C)C)C2=O)o1. The monoisotopic (exact) mass is 265 g/mol. The van der Waals surface area contributed by atoms with Crippen LogP contribution in [-0.2, 0) is 16.1 Å². The van der Waals surface area contributed by atoms with Crippen molar-refractivity contribution < 1.29 is 14.0 Å². The van der Waals surface area contributed by atoms with Crippen molar-refractivity contribution in [3.05, 3.63) is 17.8 Å². The number of piperazine rings is 1. The molecule has 2 amide bonds. The lowest BCUT2D eigenvalue weighted by molar-refractivity contribution is -0.148. The third kappa shape index (κ3) is 2.94. The zero-order valence-corrected chi connectivity index (χ0v) is 11.7. The molecule has 104 valence electrons. The number of aromatic nitrogens is 1. The molecule has 0 aliphatic carbocycles. The van der Waals surface area contributed by atoms with Gasteiger partial charge in [0.05, 0.1) is 12.7 Å². The van der Waals surface area contributed by atoms with Gasteiger partial charge < -0.3 is 14.6 Å². The lowest BCUT2D eigenvalue weighted by Gasteiger charge is -2.38. The molecule has 6 heteroatoms. The average molecular weight is 265 g/mol.